The van der Waals surface area contributed by atoms with Crippen LogP contribution in [-0.2, 0) is 12.8 Å². The van der Waals surface area contributed by atoms with Gasteiger partial charge in [-0.05, 0) is 49.3 Å². The van der Waals surface area contributed by atoms with Crippen LogP contribution >= 0.6 is 11.3 Å². The predicted molar refractivity (Wildman–Crippen MR) is 96.8 cm³/mol. The molecular weight excluding hydrogens is 320 g/mol. The maximum Gasteiger partial charge on any atom is 0.256 e. The van der Waals surface area contributed by atoms with E-state index in [2.05, 4.69) is 17.6 Å². The molecule has 0 saturated heterocycles. The van der Waals surface area contributed by atoms with Gasteiger partial charge in [0.05, 0.1) is 5.56 Å². The van der Waals surface area contributed by atoms with E-state index in [1.807, 2.05) is 19.1 Å². The molecule has 0 saturated carbocycles. The van der Waals surface area contributed by atoms with Crippen LogP contribution in [0.25, 0.3) is 0 Å². The highest BCUT2D eigenvalue weighted by Gasteiger charge is 2.34. The molecule has 0 bridgehead atoms. The molecule has 0 spiro atoms. The molecule has 4 rings (SSSR count). The fourth-order valence-electron chi connectivity index (χ4n) is 3.77. The summed E-state index contributed by atoms with van der Waals surface area (Å²) in [6, 6.07) is 5.54. The molecule has 1 aromatic carbocycles. The largest absolute Gasteiger partial charge is 0.508 e. The molecule has 2 heterocycles. The van der Waals surface area contributed by atoms with Crippen molar-refractivity contribution in [3.05, 3.63) is 45.3 Å². The maximum absolute atomic E-state index is 12.7. The van der Waals surface area contributed by atoms with Gasteiger partial charge < -0.3 is 15.7 Å². The van der Waals surface area contributed by atoms with E-state index >= 15 is 0 Å². The molecule has 4 nitrogen and oxygen atoms in total. The van der Waals surface area contributed by atoms with Crippen molar-refractivity contribution in [1.82, 2.24) is 5.32 Å². The van der Waals surface area contributed by atoms with Gasteiger partial charge >= 0.3 is 0 Å². The van der Waals surface area contributed by atoms with E-state index in [-0.39, 0.29) is 17.8 Å². The number of carbonyl (C=O) groups excluding carboxylic acids is 1. The number of anilines is 1. The first-order valence-corrected chi connectivity index (χ1v) is 9.40. The van der Waals surface area contributed by atoms with Gasteiger partial charge in [-0.2, -0.15) is 0 Å². The van der Waals surface area contributed by atoms with E-state index in [9.17, 15) is 9.90 Å². The second kappa shape index (κ2) is 5.81. The lowest BCUT2D eigenvalue weighted by atomic mass is 9.85. The molecule has 1 amide bonds. The van der Waals surface area contributed by atoms with Crippen molar-refractivity contribution < 1.29 is 9.90 Å². The van der Waals surface area contributed by atoms with Crippen LogP contribution in [0.2, 0.25) is 0 Å². The molecule has 2 aromatic rings. The first-order chi connectivity index (χ1) is 11.6. The standard InChI is InChI=1S/C19H22N2O2S/c1-3-11-5-7-13-15(9-11)24-19-16(13)18(23)20-17(21-19)12-6-4-10(2)8-14(12)22/h4,6,8,11,17,21-22H,3,5,7,9H2,1-2H3,(H,20,23)/t11-,17+/m0/s1. The lowest BCUT2D eigenvalue weighted by Crippen LogP contribution is -2.38. The molecule has 0 fully saturated rings. The maximum atomic E-state index is 12.7. The van der Waals surface area contributed by atoms with Crippen LogP contribution in [0.3, 0.4) is 0 Å². The van der Waals surface area contributed by atoms with Gasteiger partial charge in [-0.3, -0.25) is 4.79 Å². The molecule has 0 radical (unpaired) electrons. The van der Waals surface area contributed by atoms with Crippen molar-refractivity contribution in [1.29, 1.82) is 0 Å². The third-order valence-corrected chi connectivity index (χ3v) is 6.41. The zero-order chi connectivity index (χ0) is 16.8. The van der Waals surface area contributed by atoms with Crippen LogP contribution in [0.5, 0.6) is 5.75 Å². The summed E-state index contributed by atoms with van der Waals surface area (Å²) in [4.78, 5) is 14.1. The fourth-order valence-corrected chi connectivity index (χ4v) is 5.16. The predicted octanol–water partition coefficient (Wildman–Crippen LogP) is 4.13. The third kappa shape index (κ3) is 2.47. The number of carbonyl (C=O) groups is 1. The van der Waals surface area contributed by atoms with E-state index in [0.29, 0.717) is 5.56 Å². The van der Waals surface area contributed by atoms with E-state index in [4.69, 9.17) is 0 Å². The van der Waals surface area contributed by atoms with Crippen LogP contribution < -0.4 is 10.6 Å². The van der Waals surface area contributed by atoms with E-state index in [0.717, 1.165) is 34.9 Å². The zero-order valence-corrected chi connectivity index (χ0v) is 14.8. The smallest absolute Gasteiger partial charge is 0.256 e. The monoisotopic (exact) mass is 342 g/mol. The minimum Gasteiger partial charge on any atom is -0.508 e. The summed E-state index contributed by atoms with van der Waals surface area (Å²) in [5, 5.41) is 17.6. The molecular formula is C19H22N2O2S. The van der Waals surface area contributed by atoms with Crippen molar-refractivity contribution in [2.75, 3.05) is 5.32 Å². The van der Waals surface area contributed by atoms with Gasteiger partial charge in [0.25, 0.3) is 5.91 Å². The summed E-state index contributed by atoms with van der Waals surface area (Å²) in [5.41, 5.74) is 3.76. The van der Waals surface area contributed by atoms with E-state index < -0.39 is 0 Å². The van der Waals surface area contributed by atoms with Crippen LogP contribution in [0, 0.1) is 12.8 Å². The number of phenolic OH excluding ortho intramolecular Hbond substituents is 1. The SMILES string of the molecule is CC[C@H]1CCc2c(sc3c2C(=O)N[C@@H](c2ccc(C)cc2O)N3)C1. The van der Waals surface area contributed by atoms with Gasteiger partial charge in [0.15, 0.2) is 0 Å². The van der Waals surface area contributed by atoms with Crippen LogP contribution in [-0.4, -0.2) is 11.0 Å². The Morgan fingerprint density at radius 1 is 1.33 bits per heavy atom. The first kappa shape index (κ1) is 15.5. The third-order valence-electron chi connectivity index (χ3n) is 5.22. The van der Waals surface area contributed by atoms with Crippen molar-refractivity contribution in [2.45, 2.75) is 45.7 Å². The number of rotatable bonds is 2. The Balaban J connectivity index is 1.68. The average Bonchev–Trinajstić information content (AvgIpc) is 2.92. The highest BCUT2D eigenvalue weighted by atomic mass is 32.1. The summed E-state index contributed by atoms with van der Waals surface area (Å²) in [7, 11) is 0. The minimum atomic E-state index is -0.382. The molecule has 1 aliphatic heterocycles. The zero-order valence-electron chi connectivity index (χ0n) is 14.0. The number of hydrogen-bond donors (Lipinski definition) is 3. The molecule has 1 aliphatic carbocycles. The molecule has 126 valence electrons. The number of amides is 1. The average molecular weight is 342 g/mol. The summed E-state index contributed by atoms with van der Waals surface area (Å²) in [6.07, 6.45) is 4.06. The Hall–Kier alpha value is -2.01. The van der Waals surface area contributed by atoms with Gasteiger partial charge in [-0.15, -0.1) is 11.3 Å². The Labute approximate surface area is 145 Å². The highest BCUT2D eigenvalue weighted by molar-refractivity contribution is 7.16. The Morgan fingerprint density at radius 3 is 2.92 bits per heavy atom. The fraction of sp³-hybridized carbons (Fsp3) is 0.421. The van der Waals surface area contributed by atoms with Crippen LogP contribution in [0.15, 0.2) is 18.2 Å². The lowest BCUT2D eigenvalue weighted by molar-refractivity contribution is 0.0935. The van der Waals surface area contributed by atoms with Crippen molar-refractivity contribution in [3.8, 4) is 5.75 Å². The quantitative estimate of drug-likeness (QED) is 0.769. The Morgan fingerprint density at radius 2 is 2.17 bits per heavy atom. The summed E-state index contributed by atoms with van der Waals surface area (Å²) in [5.74, 6) is 0.919. The topological polar surface area (TPSA) is 61.4 Å². The van der Waals surface area contributed by atoms with Gasteiger partial charge in [-0.1, -0.05) is 25.5 Å². The van der Waals surface area contributed by atoms with Crippen LogP contribution in [0.1, 0.15) is 57.9 Å². The Bertz CT molecular complexity index is 812. The van der Waals surface area contributed by atoms with Gasteiger partial charge in [0.2, 0.25) is 0 Å². The highest BCUT2D eigenvalue weighted by Crippen LogP contribution is 2.43. The number of aryl methyl sites for hydroxylation is 1. The Kier molecular flexibility index (Phi) is 3.76. The van der Waals surface area contributed by atoms with Crippen molar-refractivity contribution in [3.63, 3.8) is 0 Å². The minimum absolute atomic E-state index is 0.0267. The number of fused-ring (bicyclic) bond motifs is 3. The molecule has 3 N–H and O–H groups in total. The van der Waals surface area contributed by atoms with E-state index in [1.165, 1.54) is 23.3 Å². The molecule has 2 aliphatic rings. The second-order valence-electron chi connectivity index (χ2n) is 6.84. The normalized spacial score (nSPS) is 22.3. The number of aromatic hydroxyl groups is 1. The van der Waals surface area contributed by atoms with Crippen LogP contribution in [0.4, 0.5) is 5.00 Å². The molecule has 24 heavy (non-hydrogen) atoms. The number of hydrogen-bond acceptors (Lipinski definition) is 4. The second-order valence-corrected chi connectivity index (χ2v) is 7.94. The van der Waals surface area contributed by atoms with Gasteiger partial charge in [0.1, 0.15) is 16.9 Å². The number of phenols is 1. The molecule has 0 unspecified atom stereocenters. The molecule has 5 heteroatoms. The molecule has 1 aromatic heterocycles. The molecule has 2 atom stereocenters. The first-order valence-electron chi connectivity index (χ1n) is 8.58. The summed E-state index contributed by atoms with van der Waals surface area (Å²) >= 11 is 1.71. The van der Waals surface area contributed by atoms with E-state index in [1.54, 1.807) is 17.4 Å². The lowest BCUT2D eigenvalue weighted by Gasteiger charge is -2.27. The van der Waals surface area contributed by atoms with Crippen molar-refractivity contribution >= 4 is 22.2 Å². The number of thiophene rings is 1. The summed E-state index contributed by atoms with van der Waals surface area (Å²) in [6.45, 7) is 4.18. The number of benzene rings is 1. The number of nitrogens with one attached hydrogen (secondary N) is 2. The van der Waals surface area contributed by atoms with Crippen molar-refractivity contribution in [2.24, 2.45) is 5.92 Å². The summed E-state index contributed by atoms with van der Waals surface area (Å²) < 4.78 is 0. The van der Waals surface area contributed by atoms with Gasteiger partial charge in [-0.25, -0.2) is 0 Å². The van der Waals surface area contributed by atoms with Gasteiger partial charge in [0, 0.05) is 10.4 Å².